The average molecular weight is 200 g/mol. The van der Waals surface area contributed by atoms with E-state index in [2.05, 4.69) is 5.32 Å². The summed E-state index contributed by atoms with van der Waals surface area (Å²) in [5.74, 6) is 1.45. The van der Waals surface area contributed by atoms with E-state index in [4.69, 9.17) is 21.1 Å². The van der Waals surface area contributed by atoms with Crippen molar-refractivity contribution in [2.24, 2.45) is 0 Å². The third-order valence-electron chi connectivity index (χ3n) is 1.93. The van der Waals surface area contributed by atoms with E-state index >= 15 is 0 Å². The van der Waals surface area contributed by atoms with Gasteiger partial charge in [-0.05, 0) is 0 Å². The zero-order chi connectivity index (χ0) is 9.26. The molecule has 0 saturated heterocycles. The van der Waals surface area contributed by atoms with Gasteiger partial charge in [-0.2, -0.15) is 0 Å². The molecule has 1 N–H and O–H groups in total. The van der Waals surface area contributed by atoms with E-state index in [0.29, 0.717) is 17.4 Å². The van der Waals surface area contributed by atoms with Crippen LogP contribution in [0.4, 0.5) is 5.69 Å². The van der Waals surface area contributed by atoms with E-state index in [-0.39, 0.29) is 0 Å². The molecule has 1 aromatic carbocycles. The molecule has 0 spiro atoms. The molecule has 0 aliphatic carbocycles. The molecule has 0 saturated carbocycles. The minimum Gasteiger partial charge on any atom is -0.495 e. The van der Waals surface area contributed by atoms with Gasteiger partial charge in [-0.3, -0.25) is 0 Å². The summed E-state index contributed by atoms with van der Waals surface area (Å²) < 4.78 is 10.5. The summed E-state index contributed by atoms with van der Waals surface area (Å²) in [4.78, 5) is 0. The highest BCUT2D eigenvalue weighted by Crippen LogP contribution is 2.36. The predicted molar refractivity (Wildman–Crippen MR) is 52.0 cm³/mol. The first-order chi connectivity index (χ1) is 6.31. The number of anilines is 1. The van der Waals surface area contributed by atoms with Crippen LogP contribution in [0.3, 0.4) is 0 Å². The Hall–Kier alpha value is -1.09. The molecule has 0 unspecified atom stereocenters. The minimum absolute atomic E-state index is 0.574. The van der Waals surface area contributed by atoms with Crippen LogP contribution in [0.25, 0.3) is 0 Å². The van der Waals surface area contributed by atoms with Gasteiger partial charge in [0.25, 0.3) is 0 Å². The highest BCUT2D eigenvalue weighted by Gasteiger charge is 2.13. The third kappa shape index (κ3) is 1.52. The maximum absolute atomic E-state index is 5.93. The van der Waals surface area contributed by atoms with Crippen LogP contribution < -0.4 is 14.8 Å². The number of fused-ring (bicyclic) bond motifs is 1. The summed E-state index contributed by atoms with van der Waals surface area (Å²) in [5, 5.41) is 3.77. The molecule has 1 heterocycles. The summed E-state index contributed by atoms with van der Waals surface area (Å²) in [6.07, 6.45) is 0. The number of methoxy groups -OCH3 is 1. The average Bonchev–Trinajstić information content (AvgIpc) is 2.17. The van der Waals surface area contributed by atoms with Gasteiger partial charge < -0.3 is 14.8 Å². The fraction of sp³-hybridized carbons (Fsp3) is 0.333. The van der Waals surface area contributed by atoms with Crippen LogP contribution in [0.15, 0.2) is 12.1 Å². The molecule has 4 heteroatoms. The summed E-state index contributed by atoms with van der Waals surface area (Å²) in [5.41, 5.74) is 0.938. The molecule has 70 valence electrons. The van der Waals surface area contributed by atoms with Crippen molar-refractivity contribution in [3.05, 3.63) is 17.2 Å². The van der Waals surface area contributed by atoms with Gasteiger partial charge in [0.1, 0.15) is 18.1 Å². The molecule has 0 bridgehead atoms. The predicted octanol–water partition coefficient (Wildman–Crippen LogP) is 2.15. The van der Waals surface area contributed by atoms with Gasteiger partial charge in [0, 0.05) is 18.7 Å². The van der Waals surface area contributed by atoms with Crippen molar-refractivity contribution < 1.29 is 9.47 Å². The molecule has 0 atom stereocenters. The van der Waals surface area contributed by atoms with Crippen molar-refractivity contribution in [2.45, 2.75) is 0 Å². The van der Waals surface area contributed by atoms with E-state index in [1.807, 2.05) is 6.07 Å². The topological polar surface area (TPSA) is 30.5 Å². The summed E-state index contributed by atoms with van der Waals surface area (Å²) in [6, 6.07) is 3.61. The fourth-order valence-electron chi connectivity index (χ4n) is 1.30. The first-order valence-corrected chi connectivity index (χ1v) is 4.43. The lowest BCUT2D eigenvalue weighted by atomic mass is 10.2. The Balaban J connectivity index is 2.44. The van der Waals surface area contributed by atoms with Crippen LogP contribution in [-0.4, -0.2) is 20.3 Å². The summed E-state index contributed by atoms with van der Waals surface area (Å²) in [6.45, 7) is 1.49. The highest BCUT2D eigenvalue weighted by atomic mass is 35.5. The van der Waals surface area contributed by atoms with Gasteiger partial charge in [-0.25, -0.2) is 0 Å². The van der Waals surface area contributed by atoms with E-state index in [1.54, 1.807) is 13.2 Å². The van der Waals surface area contributed by atoms with Crippen LogP contribution in [0, 0.1) is 0 Å². The summed E-state index contributed by atoms with van der Waals surface area (Å²) in [7, 11) is 1.59. The number of hydrogen-bond acceptors (Lipinski definition) is 3. The smallest absolute Gasteiger partial charge is 0.144 e. The van der Waals surface area contributed by atoms with Crippen molar-refractivity contribution in [3.8, 4) is 11.5 Å². The van der Waals surface area contributed by atoms with Crippen LogP contribution in [-0.2, 0) is 0 Å². The second-order valence-corrected chi connectivity index (χ2v) is 3.17. The second kappa shape index (κ2) is 3.34. The van der Waals surface area contributed by atoms with Crippen molar-refractivity contribution >= 4 is 17.3 Å². The monoisotopic (exact) mass is 199 g/mol. The molecule has 0 aromatic heterocycles. The molecule has 1 aliphatic heterocycles. The largest absolute Gasteiger partial charge is 0.495 e. The zero-order valence-electron chi connectivity index (χ0n) is 7.26. The Labute approximate surface area is 81.6 Å². The Morgan fingerprint density at radius 1 is 1.54 bits per heavy atom. The molecule has 1 aliphatic rings. The quantitative estimate of drug-likeness (QED) is 0.752. The lowest BCUT2D eigenvalue weighted by Crippen LogP contribution is -2.17. The second-order valence-electron chi connectivity index (χ2n) is 2.76. The van der Waals surface area contributed by atoms with Gasteiger partial charge >= 0.3 is 0 Å². The van der Waals surface area contributed by atoms with Crippen molar-refractivity contribution in [1.29, 1.82) is 0 Å². The molecule has 2 rings (SSSR count). The van der Waals surface area contributed by atoms with Gasteiger partial charge in [0.05, 0.1) is 17.8 Å². The molecule has 0 fully saturated rings. The number of rotatable bonds is 1. The number of halogens is 1. The number of ether oxygens (including phenoxy) is 2. The van der Waals surface area contributed by atoms with Crippen LogP contribution in [0.5, 0.6) is 11.5 Å². The van der Waals surface area contributed by atoms with E-state index < -0.39 is 0 Å². The highest BCUT2D eigenvalue weighted by molar-refractivity contribution is 6.32. The lowest BCUT2D eigenvalue weighted by Gasteiger charge is -2.20. The third-order valence-corrected chi connectivity index (χ3v) is 2.22. The first kappa shape index (κ1) is 8.51. The van der Waals surface area contributed by atoms with Crippen LogP contribution in [0.2, 0.25) is 5.02 Å². The first-order valence-electron chi connectivity index (χ1n) is 4.05. The Bertz CT molecular complexity index is 328. The molecule has 1 aromatic rings. The molecule has 13 heavy (non-hydrogen) atoms. The zero-order valence-corrected chi connectivity index (χ0v) is 8.02. The van der Waals surface area contributed by atoms with Crippen molar-refractivity contribution in [1.82, 2.24) is 0 Å². The number of nitrogens with one attached hydrogen (secondary N) is 1. The fourth-order valence-corrected chi connectivity index (χ4v) is 1.53. The molecule has 0 amide bonds. The molecular weight excluding hydrogens is 190 g/mol. The maximum atomic E-state index is 5.93. The van der Waals surface area contributed by atoms with E-state index in [9.17, 15) is 0 Å². The normalized spacial score (nSPS) is 14.0. The SMILES string of the molecule is COc1cc2c(cc1Cl)OCCN2. The maximum Gasteiger partial charge on any atom is 0.144 e. The Kier molecular flexibility index (Phi) is 2.19. The lowest BCUT2D eigenvalue weighted by molar-refractivity contribution is 0.322. The van der Waals surface area contributed by atoms with Gasteiger partial charge in [-0.15, -0.1) is 0 Å². The van der Waals surface area contributed by atoms with Crippen molar-refractivity contribution in [2.75, 3.05) is 25.6 Å². The number of hydrogen-bond donors (Lipinski definition) is 1. The number of benzene rings is 1. The Morgan fingerprint density at radius 3 is 3.15 bits per heavy atom. The summed E-state index contributed by atoms with van der Waals surface area (Å²) >= 11 is 5.93. The molecule has 3 nitrogen and oxygen atoms in total. The van der Waals surface area contributed by atoms with Crippen molar-refractivity contribution in [3.63, 3.8) is 0 Å². The molecule has 0 radical (unpaired) electrons. The standard InChI is InChI=1S/C9H10ClNO2/c1-12-8-5-7-9(4-6(8)10)13-3-2-11-7/h4-5,11H,2-3H2,1H3. The van der Waals surface area contributed by atoms with Gasteiger partial charge in [0.2, 0.25) is 0 Å². The minimum atomic E-state index is 0.574. The van der Waals surface area contributed by atoms with E-state index in [0.717, 1.165) is 18.0 Å². The molecular formula is C9H10ClNO2. The van der Waals surface area contributed by atoms with Gasteiger partial charge in [-0.1, -0.05) is 11.6 Å². The Morgan fingerprint density at radius 2 is 2.38 bits per heavy atom. The van der Waals surface area contributed by atoms with E-state index in [1.165, 1.54) is 0 Å². The van der Waals surface area contributed by atoms with Crippen LogP contribution >= 0.6 is 11.6 Å². The van der Waals surface area contributed by atoms with Crippen LogP contribution in [0.1, 0.15) is 0 Å². The van der Waals surface area contributed by atoms with Gasteiger partial charge in [0.15, 0.2) is 0 Å².